The quantitative estimate of drug-likeness (QED) is 0.514. The molecule has 0 bridgehead atoms. The van der Waals surface area contributed by atoms with E-state index in [0.717, 1.165) is 19.1 Å². The van der Waals surface area contributed by atoms with Gasteiger partial charge in [0.2, 0.25) is 0 Å². The van der Waals surface area contributed by atoms with Crippen molar-refractivity contribution in [1.82, 2.24) is 0 Å². The summed E-state index contributed by atoms with van der Waals surface area (Å²) in [5.74, 6) is 1.39. The van der Waals surface area contributed by atoms with Crippen LogP contribution in [0.1, 0.15) is 76.8 Å². The summed E-state index contributed by atoms with van der Waals surface area (Å²) in [6.07, 6.45) is 6.34. The van der Waals surface area contributed by atoms with Gasteiger partial charge in [0.15, 0.2) is 0 Å². The van der Waals surface area contributed by atoms with Crippen molar-refractivity contribution < 1.29 is 4.74 Å². The van der Waals surface area contributed by atoms with Crippen LogP contribution in [0.5, 0.6) is 0 Å². The summed E-state index contributed by atoms with van der Waals surface area (Å²) in [4.78, 5) is 0. The zero-order chi connectivity index (χ0) is 14.8. The van der Waals surface area contributed by atoms with E-state index in [1.807, 2.05) is 0 Å². The second-order valence-corrected chi connectivity index (χ2v) is 5.98. The molecule has 0 amide bonds. The molecule has 20 heavy (non-hydrogen) atoms. The Balaban J connectivity index is 2.34. The summed E-state index contributed by atoms with van der Waals surface area (Å²) in [5.41, 5.74) is 2.73. The molecular formula is C19H32O. The van der Waals surface area contributed by atoms with Gasteiger partial charge in [0, 0.05) is 6.61 Å². The molecule has 0 N–H and O–H groups in total. The second kappa shape index (κ2) is 9.99. The van der Waals surface area contributed by atoms with Crippen molar-refractivity contribution in [3.63, 3.8) is 0 Å². The van der Waals surface area contributed by atoms with Crippen LogP contribution in [0, 0.1) is 5.92 Å². The van der Waals surface area contributed by atoms with Gasteiger partial charge in [-0.05, 0) is 35.8 Å². The zero-order valence-corrected chi connectivity index (χ0v) is 13.8. The van der Waals surface area contributed by atoms with Crippen molar-refractivity contribution in [3.8, 4) is 0 Å². The molecule has 1 aromatic carbocycles. The first kappa shape index (κ1) is 17.2. The fraction of sp³-hybridized carbons (Fsp3) is 0.684. The highest BCUT2D eigenvalue weighted by molar-refractivity contribution is 5.24. The van der Waals surface area contributed by atoms with Crippen LogP contribution in [0.25, 0.3) is 0 Å². The van der Waals surface area contributed by atoms with Gasteiger partial charge < -0.3 is 4.74 Å². The molecule has 2 unspecified atom stereocenters. The van der Waals surface area contributed by atoms with Gasteiger partial charge in [-0.1, -0.05) is 71.2 Å². The van der Waals surface area contributed by atoms with E-state index >= 15 is 0 Å². The Labute approximate surface area is 125 Å². The van der Waals surface area contributed by atoms with Crippen molar-refractivity contribution in [2.24, 2.45) is 5.92 Å². The summed E-state index contributed by atoms with van der Waals surface area (Å²) >= 11 is 0. The molecule has 0 radical (unpaired) electrons. The zero-order valence-electron chi connectivity index (χ0n) is 13.8. The molecule has 0 aliphatic carbocycles. The normalized spacial score (nSPS) is 14.2. The summed E-state index contributed by atoms with van der Waals surface area (Å²) in [5, 5.41) is 0. The van der Waals surface area contributed by atoms with E-state index < -0.39 is 0 Å². The fourth-order valence-electron chi connectivity index (χ4n) is 2.42. The largest absolute Gasteiger partial charge is 0.376 e. The van der Waals surface area contributed by atoms with Crippen LogP contribution in [0.15, 0.2) is 24.3 Å². The van der Waals surface area contributed by atoms with Crippen molar-refractivity contribution in [3.05, 3.63) is 35.4 Å². The molecule has 0 aromatic heterocycles. The smallest absolute Gasteiger partial charge is 0.0717 e. The minimum Gasteiger partial charge on any atom is -0.376 e. The first-order valence-electron chi connectivity index (χ1n) is 8.37. The topological polar surface area (TPSA) is 9.23 Å². The predicted octanol–water partition coefficient (Wildman–Crippen LogP) is 5.93. The molecule has 0 heterocycles. The van der Waals surface area contributed by atoms with E-state index in [0.29, 0.717) is 5.92 Å². The maximum atomic E-state index is 5.90. The van der Waals surface area contributed by atoms with Crippen LogP contribution >= 0.6 is 0 Å². The molecule has 0 fully saturated rings. The van der Waals surface area contributed by atoms with Crippen molar-refractivity contribution in [1.29, 1.82) is 0 Å². The van der Waals surface area contributed by atoms with Crippen molar-refractivity contribution in [2.45, 2.75) is 72.3 Å². The Morgan fingerprint density at radius 2 is 1.70 bits per heavy atom. The minimum atomic E-state index is 0.656. The van der Waals surface area contributed by atoms with E-state index in [9.17, 15) is 0 Å². The van der Waals surface area contributed by atoms with Gasteiger partial charge in [-0.15, -0.1) is 0 Å². The summed E-state index contributed by atoms with van der Waals surface area (Å²) < 4.78 is 5.90. The Morgan fingerprint density at radius 1 is 1.00 bits per heavy atom. The molecule has 1 nitrogen and oxygen atoms in total. The Morgan fingerprint density at radius 3 is 2.25 bits per heavy atom. The lowest BCUT2D eigenvalue weighted by atomic mass is 9.98. The average molecular weight is 276 g/mol. The molecule has 0 aliphatic rings. The highest BCUT2D eigenvalue weighted by Gasteiger charge is 2.06. The first-order valence-corrected chi connectivity index (χ1v) is 8.37. The van der Waals surface area contributed by atoms with E-state index in [2.05, 4.69) is 52.0 Å². The molecule has 114 valence electrons. The van der Waals surface area contributed by atoms with Gasteiger partial charge in [-0.2, -0.15) is 0 Å². The number of rotatable bonds is 10. The number of hydrogen-bond acceptors (Lipinski definition) is 1. The lowest BCUT2D eigenvalue weighted by molar-refractivity contribution is 0.0820. The van der Waals surface area contributed by atoms with Crippen LogP contribution in [0.4, 0.5) is 0 Å². The molecular weight excluding hydrogens is 244 g/mol. The van der Waals surface area contributed by atoms with Gasteiger partial charge in [0.1, 0.15) is 0 Å². The molecule has 0 saturated carbocycles. The average Bonchev–Trinajstić information content (AvgIpc) is 2.50. The molecule has 1 heteroatoms. The minimum absolute atomic E-state index is 0.656. The Bertz CT molecular complexity index is 341. The van der Waals surface area contributed by atoms with Gasteiger partial charge in [0.25, 0.3) is 0 Å². The number of benzene rings is 1. The number of unbranched alkanes of at least 4 members (excludes halogenated alkanes) is 1. The highest BCUT2D eigenvalue weighted by Crippen LogP contribution is 2.19. The van der Waals surface area contributed by atoms with Crippen molar-refractivity contribution >= 4 is 0 Å². The SMILES string of the molecule is CCCCC(CC)COCc1ccc(C(C)CC)cc1. The van der Waals surface area contributed by atoms with E-state index in [1.54, 1.807) is 0 Å². The third kappa shape index (κ3) is 6.09. The summed E-state index contributed by atoms with van der Waals surface area (Å²) in [6.45, 7) is 10.7. The molecule has 1 aromatic rings. The lowest BCUT2D eigenvalue weighted by Gasteiger charge is -2.15. The molecule has 0 saturated heterocycles. The van der Waals surface area contributed by atoms with Gasteiger partial charge in [-0.3, -0.25) is 0 Å². The summed E-state index contributed by atoms with van der Waals surface area (Å²) in [7, 11) is 0. The van der Waals surface area contributed by atoms with Gasteiger partial charge in [0.05, 0.1) is 6.61 Å². The van der Waals surface area contributed by atoms with Crippen molar-refractivity contribution in [2.75, 3.05) is 6.61 Å². The van der Waals surface area contributed by atoms with Gasteiger partial charge in [-0.25, -0.2) is 0 Å². The van der Waals surface area contributed by atoms with E-state index in [-0.39, 0.29) is 0 Å². The lowest BCUT2D eigenvalue weighted by Crippen LogP contribution is -2.08. The second-order valence-electron chi connectivity index (χ2n) is 5.98. The maximum absolute atomic E-state index is 5.90. The molecule has 0 spiro atoms. The molecule has 0 aliphatic heterocycles. The Hall–Kier alpha value is -0.820. The van der Waals surface area contributed by atoms with Crippen LogP contribution in [0.2, 0.25) is 0 Å². The molecule has 1 rings (SSSR count). The predicted molar refractivity (Wildman–Crippen MR) is 88.1 cm³/mol. The third-order valence-electron chi connectivity index (χ3n) is 4.33. The number of hydrogen-bond donors (Lipinski definition) is 0. The fourth-order valence-corrected chi connectivity index (χ4v) is 2.42. The van der Waals surface area contributed by atoms with Crippen LogP contribution in [-0.2, 0) is 11.3 Å². The molecule has 2 atom stereocenters. The van der Waals surface area contributed by atoms with Crippen LogP contribution in [-0.4, -0.2) is 6.61 Å². The standard InChI is InChI=1S/C19H32O/c1-5-8-9-17(7-3)14-20-15-18-10-12-19(13-11-18)16(4)6-2/h10-13,16-17H,5-9,14-15H2,1-4H3. The monoisotopic (exact) mass is 276 g/mol. The highest BCUT2D eigenvalue weighted by atomic mass is 16.5. The third-order valence-corrected chi connectivity index (χ3v) is 4.33. The van der Waals surface area contributed by atoms with E-state index in [4.69, 9.17) is 4.74 Å². The maximum Gasteiger partial charge on any atom is 0.0717 e. The van der Waals surface area contributed by atoms with Gasteiger partial charge >= 0.3 is 0 Å². The van der Waals surface area contributed by atoms with E-state index in [1.165, 1.54) is 43.2 Å². The van der Waals surface area contributed by atoms with Crippen LogP contribution in [0.3, 0.4) is 0 Å². The number of ether oxygens (including phenoxy) is 1. The van der Waals surface area contributed by atoms with Crippen LogP contribution < -0.4 is 0 Å². The Kier molecular flexibility index (Phi) is 8.60. The summed E-state index contributed by atoms with van der Waals surface area (Å²) in [6, 6.07) is 8.94. The first-order chi connectivity index (χ1) is 9.71.